The monoisotopic (exact) mass is 372 g/mol. The SMILES string of the molecule is Cc1nn(C)c(C(=O)N2CCN([C@H]3CCc4ccccc4C3)CC2)c1Cl. The van der Waals surface area contributed by atoms with Crippen molar-refractivity contribution < 1.29 is 4.79 Å². The van der Waals surface area contributed by atoms with Crippen LogP contribution in [0.2, 0.25) is 5.02 Å². The maximum absolute atomic E-state index is 12.9. The van der Waals surface area contributed by atoms with Crippen LogP contribution in [0.3, 0.4) is 0 Å². The molecule has 1 aliphatic heterocycles. The lowest BCUT2D eigenvalue weighted by Gasteiger charge is -2.41. The molecule has 138 valence electrons. The van der Waals surface area contributed by atoms with Crippen molar-refractivity contribution in [3.63, 3.8) is 0 Å². The molecule has 2 aliphatic rings. The minimum atomic E-state index is -0.00765. The third kappa shape index (κ3) is 3.14. The summed E-state index contributed by atoms with van der Waals surface area (Å²) in [6, 6.07) is 9.37. The Hall–Kier alpha value is -1.85. The van der Waals surface area contributed by atoms with Gasteiger partial charge in [-0.2, -0.15) is 5.10 Å². The number of hydrogen-bond donors (Lipinski definition) is 0. The van der Waals surface area contributed by atoms with Crippen molar-refractivity contribution in [3.8, 4) is 0 Å². The smallest absolute Gasteiger partial charge is 0.273 e. The number of piperazine rings is 1. The maximum Gasteiger partial charge on any atom is 0.273 e. The van der Waals surface area contributed by atoms with Gasteiger partial charge in [-0.1, -0.05) is 35.9 Å². The highest BCUT2D eigenvalue weighted by atomic mass is 35.5. The second-order valence-electron chi connectivity index (χ2n) is 7.37. The number of nitrogens with zero attached hydrogens (tertiary/aromatic N) is 4. The van der Waals surface area contributed by atoms with Crippen LogP contribution in [0.25, 0.3) is 0 Å². The largest absolute Gasteiger partial charge is 0.335 e. The van der Waals surface area contributed by atoms with E-state index in [0.717, 1.165) is 39.0 Å². The Labute approximate surface area is 159 Å². The fourth-order valence-corrected chi connectivity index (χ4v) is 4.54. The molecule has 0 bridgehead atoms. The van der Waals surface area contributed by atoms with E-state index in [1.54, 1.807) is 11.7 Å². The van der Waals surface area contributed by atoms with Crippen LogP contribution in [0.1, 0.15) is 33.7 Å². The van der Waals surface area contributed by atoms with E-state index in [9.17, 15) is 4.79 Å². The van der Waals surface area contributed by atoms with Crippen molar-refractivity contribution in [3.05, 3.63) is 51.8 Å². The number of amides is 1. The van der Waals surface area contributed by atoms with Crippen LogP contribution < -0.4 is 0 Å². The van der Waals surface area contributed by atoms with Crippen LogP contribution in [0, 0.1) is 6.92 Å². The predicted octanol–water partition coefficient (Wildman–Crippen LogP) is 2.70. The number of halogens is 1. The highest BCUT2D eigenvalue weighted by Crippen LogP contribution is 2.26. The first-order valence-electron chi connectivity index (χ1n) is 9.34. The van der Waals surface area contributed by atoms with Gasteiger partial charge >= 0.3 is 0 Å². The summed E-state index contributed by atoms with van der Waals surface area (Å²) in [7, 11) is 1.78. The summed E-state index contributed by atoms with van der Waals surface area (Å²) >= 11 is 6.29. The van der Waals surface area contributed by atoms with E-state index in [-0.39, 0.29) is 5.91 Å². The fourth-order valence-electron chi connectivity index (χ4n) is 4.29. The molecule has 0 saturated carbocycles. The van der Waals surface area contributed by atoms with Crippen LogP contribution in [0.4, 0.5) is 0 Å². The zero-order valence-electron chi connectivity index (χ0n) is 15.4. The van der Waals surface area contributed by atoms with Gasteiger partial charge in [-0.15, -0.1) is 0 Å². The fraction of sp³-hybridized carbons (Fsp3) is 0.500. The molecule has 0 unspecified atom stereocenters. The van der Waals surface area contributed by atoms with Gasteiger partial charge in [-0.3, -0.25) is 14.4 Å². The summed E-state index contributed by atoms with van der Waals surface area (Å²) in [4.78, 5) is 17.3. The molecule has 4 rings (SSSR count). The summed E-state index contributed by atoms with van der Waals surface area (Å²) in [5, 5.41) is 4.74. The Morgan fingerprint density at radius 2 is 1.85 bits per heavy atom. The molecule has 1 amide bonds. The molecule has 1 aliphatic carbocycles. The van der Waals surface area contributed by atoms with E-state index in [2.05, 4.69) is 34.3 Å². The molecule has 5 nitrogen and oxygen atoms in total. The van der Waals surface area contributed by atoms with Gasteiger partial charge in [0.25, 0.3) is 5.91 Å². The lowest BCUT2D eigenvalue weighted by molar-refractivity contribution is 0.0543. The predicted molar refractivity (Wildman–Crippen MR) is 103 cm³/mol. The van der Waals surface area contributed by atoms with Crippen molar-refractivity contribution >= 4 is 17.5 Å². The second-order valence-corrected chi connectivity index (χ2v) is 7.74. The van der Waals surface area contributed by atoms with Crippen molar-refractivity contribution in [1.29, 1.82) is 0 Å². The molecule has 0 N–H and O–H groups in total. The third-order valence-electron chi connectivity index (χ3n) is 5.79. The molecule has 1 saturated heterocycles. The number of hydrogen-bond acceptors (Lipinski definition) is 3. The Bertz CT molecular complexity index is 823. The van der Waals surface area contributed by atoms with Gasteiger partial charge in [0.15, 0.2) is 0 Å². The summed E-state index contributed by atoms with van der Waals surface area (Å²) in [6.45, 7) is 5.17. The number of aromatic nitrogens is 2. The molecule has 1 aromatic carbocycles. The molecule has 0 radical (unpaired) electrons. The van der Waals surface area contributed by atoms with Gasteiger partial charge in [-0.25, -0.2) is 0 Å². The Balaban J connectivity index is 1.39. The van der Waals surface area contributed by atoms with Crippen LogP contribution >= 0.6 is 11.6 Å². The normalized spacial score (nSPS) is 20.9. The van der Waals surface area contributed by atoms with Gasteiger partial charge in [0.05, 0.1) is 10.7 Å². The van der Waals surface area contributed by atoms with E-state index < -0.39 is 0 Å². The summed E-state index contributed by atoms with van der Waals surface area (Å²) in [6.07, 6.45) is 3.48. The van der Waals surface area contributed by atoms with Crippen LogP contribution in [-0.4, -0.2) is 57.7 Å². The standard InChI is InChI=1S/C20H25ClN4O/c1-14-18(21)19(23(2)22-14)20(26)25-11-9-24(10-12-25)17-8-7-15-5-3-4-6-16(15)13-17/h3-6,17H,7-13H2,1-2H3/t17-/m0/s1. The van der Waals surface area contributed by atoms with Gasteiger partial charge in [-0.05, 0) is 37.3 Å². The molecular formula is C20H25ClN4O. The quantitative estimate of drug-likeness (QED) is 0.813. The first-order valence-corrected chi connectivity index (χ1v) is 9.71. The van der Waals surface area contributed by atoms with Gasteiger partial charge < -0.3 is 4.90 Å². The molecule has 26 heavy (non-hydrogen) atoms. The number of rotatable bonds is 2. The maximum atomic E-state index is 12.9. The van der Waals surface area contributed by atoms with Gasteiger partial charge in [0, 0.05) is 39.3 Å². The van der Waals surface area contributed by atoms with Crippen molar-refractivity contribution in [1.82, 2.24) is 19.6 Å². The van der Waals surface area contributed by atoms with E-state index in [4.69, 9.17) is 11.6 Å². The molecule has 1 atom stereocenters. The lowest BCUT2D eigenvalue weighted by atomic mass is 9.87. The lowest BCUT2D eigenvalue weighted by Crippen LogP contribution is -2.53. The molecule has 1 fully saturated rings. The zero-order chi connectivity index (χ0) is 18.3. The summed E-state index contributed by atoms with van der Waals surface area (Å²) < 4.78 is 1.60. The number of aryl methyl sites for hydroxylation is 3. The number of fused-ring (bicyclic) bond motifs is 1. The first kappa shape index (κ1) is 17.6. The summed E-state index contributed by atoms with van der Waals surface area (Å²) in [5.74, 6) is -0.00765. The number of carbonyl (C=O) groups excluding carboxylic acids is 1. The minimum Gasteiger partial charge on any atom is -0.335 e. The summed E-state index contributed by atoms with van der Waals surface area (Å²) in [5.41, 5.74) is 4.19. The second kappa shape index (κ2) is 7.05. The Morgan fingerprint density at radius 1 is 1.15 bits per heavy atom. The highest BCUT2D eigenvalue weighted by molar-refractivity contribution is 6.34. The van der Waals surface area contributed by atoms with Gasteiger partial charge in [0.1, 0.15) is 5.69 Å². The Kier molecular flexibility index (Phi) is 4.76. The highest BCUT2D eigenvalue weighted by Gasteiger charge is 2.31. The van der Waals surface area contributed by atoms with Crippen molar-refractivity contribution in [2.45, 2.75) is 32.2 Å². The minimum absolute atomic E-state index is 0.00765. The van der Waals surface area contributed by atoms with Crippen LogP contribution in [0.5, 0.6) is 0 Å². The van der Waals surface area contributed by atoms with E-state index in [0.29, 0.717) is 22.5 Å². The molecule has 6 heteroatoms. The van der Waals surface area contributed by atoms with Crippen molar-refractivity contribution in [2.75, 3.05) is 26.2 Å². The van der Waals surface area contributed by atoms with E-state index in [1.165, 1.54) is 17.5 Å². The van der Waals surface area contributed by atoms with Gasteiger partial charge in [0.2, 0.25) is 0 Å². The topological polar surface area (TPSA) is 41.4 Å². The van der Waals surface area contributed by atoms with Crippen LogP contribution in [0.15, 0.2) is 24.3 Å². The van der Waals surface area contributed by atoms with Crippen LogP contribution in [-0.2, 0) is 19.9 Å². The molecular weight excluding hydrogens is 348 g/mol. The van der Waals surface area contributed by atoms with Crippen molar-refractivity contribution in [2.24, 2.45) is 7.05 Å². The third-order valence-corrected chi connectivity index (χ3v) is 6.24. The number of benzene rings is 1. The molecule has 1 aromatic heterocycles. The Morgan fingerprint density at radius 3 is 2.50 bits per heavy atom. The molecule has 0 spiro atoms. The first-order chi connectivity index (χ1) is 12.5. The molecule has 2 heterocycles. The zero-order valence-corrected chi connectivity index (χ0v) is 16.2. The average molecular weight is 373 g/mol. The van der Waals surface area contributed by atoms with E-state index >= 15 is 0 Å². The van der Waals surface area contributed by atoms with E-state index in [1.807, 2.05) is 11.8 Å². The molecule has 2 aromatic rings. The number of carbonyl (C=O) groups is 1. The average Bonchev–Trinajstić information content (AvgIpc) is 2.92.